The zero-order valence-corrected chi connectivity index (χ0v) is 28.8. The summed E-state index contributed by atoms with van der Waals surface area (Å²) in [6.45, 7) is 3.04. The fourth-order valence-corrected chi connectivity index (χ4v) is 7.78. The Balaban J connectivity index is 0.00000103. The van der Waals surface area contributed by atoms with Crippen molar-refractivity contribution in [2.75, 3.05) is 12.0 Å². The number of anilines is 1. The number of aliphatic hydroxyl groups excluding tert-OH is 1. The molecule has 0 bridgehead atoms. The summed E-state index contributed by atoms with van der Waals surface area (Å²) < 4.78 is 11.3. The number of rotatable bonds is 7. The Morgan fingerprint density at radius 3 is 2.42 bits per heavy atom. The summed E-state index contributed by atoms with van der Waals surface area (Å²) in [4.78, 5) is 49.8. The molecule has 2 aliphatic rings. The molecular formula is C37H31N3O8S2. The number of carboxylic acid groups (broad SMARTS) is 1. The van der Waals surface area contributed by atoms with Crippen molar-refractivity contribution in [3.8, 4) is 5.75 Å². The molecule has 1 amide bonds. The first-order valence-electron chi connectivity index (χ1n) is 15.5. The topological polar surface area (TPSA) is 156 Å². The van der Waals surface area contributed by atoms with Crippen molar-refractivity contribution < 1.29 is 38.9 Å². The number of ether oxygens (including phenoxy) is 2. The molecule has 0 radical (unpaired) electrons. The second-order valence-electron chi connectivity index (χ2n) is 11.5. The summed E-state index contributed by atoms with van der Waals surface area (Å²) in [5.41, 5.74) is 3.17. The molecule has 13 heteroatoms. The molecule has 1 fully saturated rings. The molecule has 5 aromatic rings. The fraction of sp³-hybridized carbons (Fsp3) is 0.189. The number of hydrogen-bond acceptors (Lipinski definition) is 11. The molecule has 2 atom stereocenters. The first kappa shape index (κ1) is 34.3. The quantitative estimate of drug-likeness (QED) is 0.0457. The maximum Gasteiger partial charge on any atom is 0.337 e. The Morgan fingerprint density at radius 1 is 0.980 bits per heavy atom. The molecule has 0 aliphatic carbocycles. The number of methoxy groups -OCH3 is 1. The van der Waals surface area contributed by atoms with E-state index in [-0.39, 0.29) is 22.6 Å². The van der Waals surface area contributed by atoms with Crippen LogP contribution in [0, 0.1) is 0 Å². The van der Waals surface area contributed by atoms with Crippen LogP contribution in [0.25, 0.3) is 16.5 Å². The average Bonchev–Trinajstić information content (AvgIpc) is 3.81. The van der Waals surface area contributed by atoms with Gasteiger partial charge in [0.25, 0.3) is 11.8 Å². The lowest BCUT2D eigenvalue weighted by Gasteiger charge is -2.22. The largest absolute Gasteiger partial charge is 0.507 e. The minimum Gasteiger partial charge on any atom is -0.507 e. The lowest BCUT2D eigenvalue weighted by atomic mass is 9.94. The summed E-state index contributed by atoms with van der Waals surface area (Å²) in [7, 11) is 1.29. The van der Waals surface area contributed by atoms with Crippen molar-refractivity contribution >= 4 is 68.4 Å². The van der Waals surface area contributed by atoms with Crippen LogP contribution >= 0.6 is 23.1 Å². The van der Waals surface area contributed by atoms with Gasteiger partial charge in [0, 0.05) is 24.7 Å². The van der Waals surface area contributed by atoms with Crippen LogP contribution in [0.1, 0.15) is 52.5 Å². The van der Waals surface area contributed by atoms with Crippen LogP contribution in [0.15, 0.2) is 94.8 Å². The smallest absolute Gasteiger partial charge is 0.337 e. The van der Waals surface area contributed by atoms with Gasteiger partial charge in [-0.25, -0.2) is 4.79 Å². The minimum atomic E-state index is -1.01. The maximum atomic E-state index is 13.7. The SMILES string of the molecule is CC(=O)O.COC(=O)c1ccc(C2/C(=C(\O)c3ccc4c(c3)CC(C)O4)C(=O)C(=O)N2c2nnc(SCc3cccc4ccccc34)s2)cc1. The zero-order valence-electron chi connectivity index (χ0n) is 27.2. The summed E-state index contributed by atoms with van der Waals surface area (Å²) in [6, 6.07) is 24.9. The van der Waals surface area contributed by atoms with Crippen molar-refractivity contribution in [1.29, 1.82) is 0 Å². The number of aromatic nitrogens is 2. The molecular weight excluding hydrogens is 679 g/mol. The zero-order chi connectivity index (χ0) is 35.5. The lowest BCUT2D eigenvalue weighted by Crippen LogP contribution is -2.29. The van der Waals surface area contributed by atoms with Crippen LogP contribution in [0.4, 0.5) is 5.13 Å². The molecule has 1 saturated heterocycles. The summed E-state index contributed by atoms with van der Waals surface area (Å²) in [5.74, 6) is -1.98. The molecule has 254 valence electrons. The molecule has 2 aliphatic heterocycles. The van der Waals surface area contributed by atoms with Gasteiger partial charge < -0.3 is 19.7 Å². The van der Waals surface area contributed by atoms with Crippen molar-refractivity contribution in [2.24, 2.45) is 0 Å². The fourth-order valence-electron chi connectivity index (χ4n) is 5.91. The normalized spacial score (nSPS) is 17.5. The molecule has 4 aromatic carbocycles. The van der Waals surface area contributed by atoms with E-state index < -0.39 is 29.7 Å². The van der Waals surface area contributed by atoms with Crippen LogP contribution in [0.5, 0.6) is 5.75 Å². The van der Waals surface area contributed by atoms with Crippen LogP contribution in [-0.2, 0) is 31.3 Å². The first-order chi connectivity index (χ1) is 24.0. The van der Waals surface area contributed by atoms with E-state index in [1.165, 1.54) is 35.1 Å². The van der Waals surface area contributed by atoms with E-state index in [4.69, 9.17) is 19.4 Å². The number of aliphatic carboxylic acids is 1. The van der Waals surface area contributed by atoms with Gasteiger partial charge in [-0.1, -0.05) is 77.7 Å². The van der Waals surface area contributed by atoms with Crippen molar-refractivity contribution in [3.05, 3.63) is 118 Å². The van der Waals surface area contributed by atoms with Crippen LogP contribution in [-0.4, -0.2) is 57.3 Å². The number of thioether (sulfide) groups is 1. The monoisotopic (exact) mass is 709 g/mol. The van der Waals surface area contributed by atoms with E-state index in [1.807, 2.05) is 25.1 Å². The van der Waals surface area contributed by atoms with Gasteiger partial charge in [-0.2, -0.15) is 0 Å². The number of nitrogens with zero attached hydrogens (tertiary/aromatic N) is 3. The van der Waals surface area contributed by atoms with Crippen molar-refractivity contribution in [2.45, 2.75) is 42.5 Å². The van der Waals surface area contributed by atoms with Gasteiger partial charge in [0.1, 0.15) is 17.6 Å². The number of esters is 1. The van der Waals surface area contributed by atoms with E-state index in [9.17, 15) is 19.5 Å². The Labute approximate surface area is 295 Å². The second-order valence-corrected chi connectivity index (χ2v) is 13.7. The number of aliphatic hydroxyl groups is 1. The number of Topliss-reactive ketones (excluding diaryl/α,β-unsaturated/α-hetero) is 1. The standard InChI is InChI=1S/C35H27N3O6S2.C2H4O2/c1-19-16-25-17-23(14-15-27(25)44-19)30(39)28-29(21-10-12-22(13-11-21)33(42)43-2)38(32(41)31(28)40)34-36-37-35(46-34)45-18-24-8-5-7-20-6-3-4-9-26(20)24;1-2(3)4/h3-15,17,19,29,39H,16,18H2,1-2H3;1H3,(H,3,4)/b30-28+;. The van der Waals surface area contributed by atoms with Gasteiger partial charge in [0.05, 0.1) is 24.3 Å². The molecule has 7 rings (SSSR count). The Hall–Kier alpha value is -5.53. The predicted molar refractivity (Wildman–Crippen MR) is 190 cm³/mol. The number of hydrogen-bond donors (Lipinski definition) is 2. The Bertz CT molecular complexity index is 2150. The Morgan fingerprint density at radius 2 is 1.68 bits per heavy atom. The molecule has 2 N–H and O–H groups in total. The van der Waals surface area contributed by atoms with Gasteiger partial charge in [0.15, 0.2) is 4.34 Å². The van der Waals surface area contributed by atoms with E-state index in [1.54, 1.807) is 42.5 Å². The van der Waals surface area contributed by atoms with E-state index >= 15 is 0 Å². The molecule has 1 aromatic heterocycles. The van der Waals surface area contributed by atoms with Gasteiger partial charge in [0.2, 0.25) is 5.13 Å². The molecule has 2 unspecified atom stereocenters. The number of amides is 1. The number of carbonyl (C=O) groups excluding carboxylic acids is 3. The van der Waals surface area contributed by atoms with Crippen molar-refractivity contribution in [1.82, 2.24) is 10.2 Å². The van der Waals surface area contributed by atoms with Crippen molar-refractivity contribution in [3.63, 3.8) is 0 Å². The van der Waals surface area contributed by atoms with Gasteiger partial charge in [-0.15, -0.1) is 10.2 Å². The summed E-state index contributed by atoms with van der Waals surface area (Å²) in [5, 5.41) is 30.2. The minimum absolute atomic E-state index is 0.00335. The van der Waals surface area contributed by atoms with E-state index in [2.05, 4.69) is 34.5 Å². The highest BCUT2D eigenvalue weighted by atomic mass is 32.2. The number of carboxylic acids is 1. The number of carbonyl (C=O) groups is 4. The number of fused-ring (bicyclic) bond motifs is 2. The van der Waals surface area contributed by atoms with Gasteiger partial charge in [-0.05, 0) is 64.7 Å². The van der Waals surface area contributed by atoms with Crippen LogP contribution in [0.2, 0.25) is 0 Å². The third-order valence-electron chi connectivity index (χ3n) is 8.09. The average molecular weight is 710 g/mol. The molecule has 50 heavy (non-hydrogen) atoms. The predicted octanol–water partition coefficient (Wildman–Crippen LogP) is 6.81. The lowest BCUT2D eigenvalue weighted by molar-refractivity contribution is -0.134. The highest BCUT2D eigenvalue weighted by Crippen LogP contribution is 2.45. The summed E-state index contributed by atoms with van der Waals surface area (Å²) in [6.07, 6.45) is 0.657. The molecule has 0 spiro atoms. The van der Waals surface area contributed by atoms with Crippen LogP contribution in [0.3, 0.4) is 0 Å². The third-order valence-corrected chi connectivity index (χ3v) is 10.2. The number of ketones is 1. The van der Waals surface area contributed by atoms with E-state index in [0.29, 0.717) is 33.2 Å². The van der Waals surface area contributed by atoms with E-state index in [0.717, 1.165) is 34.6 Å². The highest BCUT2D eigenvalue weighted by molar-refractivity contribution is 8.00. The van der Waals surface area contributed by atoms with Gasteiger partial charge in [-0.3, -0.25) is 19.3 Å². The second kappa shape index (κ2) is 14.5. The molecule has 11 nitrogen and oxygen atoms in total. The molecule has 3 heterocycles. The maximum absolute atomic E-state index is 13.7. The Kier molecular flexibility index (Phi) is 9.98. The number of benzene rings is 4. The third kappa shape index (κ3) is 6.96. The summed E-state index contributed by atoms with van der Waals surface area (Å²) >= 11 is 2.68. The molecule has 0 saturated carbocycles. The van der Waals surface area contributed by atoms with Gasteiger partial charge >= 0.3 is 11.9 Å². The van der Waals surface area contributed by atoms with Crippen LogP contribution < -0.4 is 9.64 Å². The highest BCUT2D eigenvalue weighted by Gasteiger charge is 2.48. The first-order valence-corrected chi connectivity index (χ1v) is 17.3.